The highest BCUT2D eigenvalue weighted by Gasteiger charge is 2.04. The Hall–Kier alpha value is -0.970. The third-order valence-corrected chi connectivity index (χ3v) is 3.41. The van der Waals surface area contributed by atoms with Crippen LogP contribution in [0.2, 0.25) is 0 Å². The van der Waals surface area contributed by atoms with Crippen LogP contribution in [0.25, 0.3) is 11.1 Å². The van der Waals surface area contributed by atoms with Crippen LogP contribution in [0.5, 0.6) is 0 Å². The molecule has 0 aliphatic rings. The summed E-state index contributed by atoms with van der Waals surface area (Å²) in [6.07, 6.45) is 0. The first-order valence-electron chi connectivity index (χ1n) is 4.63. The summed E-state index contributed by atoms with van der Waals surface area (Å²) in [6, 6.07) is 14.5. The van der Waals surface area contributed by atoms with Crippen LogP contribution in [0.4, 0.5) is 0 Å². The molecule has 0 aromatic heterocycles. The summed E-state index contributed by atoms with van der Waals surface area (Å²) in [7, 11) is 0. The van der Waals surface area contributed by atoms with Gasteiger partial charge in [-0.15, -0.1) is 0 Å². The Kier molecular flexibility index (Phi) is 3.53. The maximum absolute atomic E-state index is 11.1. The number of halogens is 1. The first-order valence-corrected chi connectivity index (χ1v) is 6.49. The second-order valence-electron chi connectivity index (χ2n) is 3.24. The SMILES string of the molecule is O=S([O-])c1ccccc1-c1cccc(Br)c1. The average Bonchev–Trinajstić information content (AvgIpc) is 2.29. The molecular formula is C12H8BrO2S-. The van der Waals surface area contributed by atoms with Crippen molar-refractivity contribution in [1.82, 2.24) is 0 Å². The van der Waals surface area contributed by atoms with Gasteiger partial charge in [0.15, 0.2) is 0 Å². The van der Waals surface area contributed by atoms with E-state index >= 15 is 0 Å². The van der Waals surface area contributed by atoms with E-state index in [0.717, 1.165) is 15.6 Å². The van der Waals surface area contributed by atoms with Crippen molar-refractivity contribution in [3.63, 3.8) is 0 Å². The lowest BCUT2D eigenvalue weighted by atomic mass is 10.1. The molecule has 2 aromatic rings. The van der Waals surface area contributed by atoms with Gasteiger partial charge >= 0.3 is 0 Å². The first kappa shape index (κ1) is 11.5. The molecule has 4 heteroatoms. The van der Waals surface area contributed by atoms with Gasteiger partial charge in [0.2, 0.25) is 0 Å². The molecule has 0 heterocycles. The highest BCUT2D eigenvalue weighted by atomic mass is 79.9. The topological polar surface area (TPSA) is 40.1 Å². The minimum atomic E-state index is -2.21. The van der Waals surface area contributed by atoms with Gasteiger partial charge in [0, 0.05) is 9.37 Å². The molecule has 16 heavy (non-hydrogen) atoms. The van der Waals surface area contributed by atoms with Crippen LogP contribution in [-0.4, -0.2) is 8.76 Å². The molecule has 1 unspecified atom stereocenters. The number of hydrogen-bond acceptors (Lipinski definition) is 2. The number of hydrogen-bond donors (Lipinski definition) is 0. The van der Waals surface area contributed by atoms with Crippen LogP contribution in [0, 0.1) is 0 Å². The minimum Gasteiger partial charge on any atom is -0.768 e. The smallest absolute Gasteiger partial charge is 0.0327 e. The van der Waals surface area contributed by atoms with Gasteiger partial charge in [0.1, 0.15) is 0 Å². The lowest BCUT2D eigenvalue weighted by Gasteiger charge is -2.11. The maximum atomic E-state index is 11.1. The van der Waals surface area contributed by atoms with Crippen molar-refractivity contribution >= 4 is 27.0 Å². The van der Waals surface area contributed by atoms with Gasteiger partial charge < -0.3 is 4.55 Å². The highest BCUT2D eigenvalue weighted by Crippen LogP contribution is 2.27. The average molecular weight is 296 g/mol. The molecule has 0 N–H and O–H groups in total. The van der Waals surface area contributed by atoms with Gasteiger partial charge in [-0.1, -0.05) is 46.3 Å². The zero-order valence-corrected chi connectivity index (χ0v) is 10.6. The van der Waals surface area contributed by atoms with Gasteiger partial charge in [-0.05, 0) is 40.4 Å². The molecule has 0 aliphatic heterocycles. The first-order chi connectivity index (χ1) is 7.68. The molecule has 2 nitrogen and oxygen atoms in total. The van der Waals surface area contributed by atoms with Gasteiger partial charge in [-0.2, -0.15) is 0 Å². The monoisotopic (exact) mass is 295 g/mol. The zero-order chi connectivity index (χ0) is 11.5. The normalized spacial score (nSPS) is 12.4. The molecule has 2 rings (SSSR count). The van der Waals surface area contributed by atoms with E-state index in [1.165, 1.54) is 0 Å². The molecule has 0 bridgehead atoms. The fourth-order valence-corrected chi connectivity index (χ4v) is 2.46. The maximum Gasteiger partial charge on any atom is 0.0327 e. The largest absolute Gasteiger partial charge is 0.768 e. The summed E-state index contributed by atoms with van der Waals surface area (Å²) in [5, 5.41) is 0. The fourth-order valence-electron chi connectivity index (χ4n) is 1.51. The summed E-state index contributed by atoms with van der Waals surface area (Å²) in [6.45, 7) is 0. The van der Waals surface area contributed by atoms with Gasteiger partial charge in [-0.25, -0.2) is 0 Å². The molecular weight excluding hydrogens is 288 g/mol. The van der Waals surface area contributed by atoms with Crippen LogP contribution < -0.4 is 0 Å². The Labute approximate surface area is 105 Å². The molecule has 0 aliphatic carbocycles. The van der Waals surface area contributed by atoms with Gasteiger partial charge in [-0.3, -0.25) is 4.21 Å². The van der Waals surface area contributed by atoms with Crippen molar-refractivity contribution in [2.45, 2.75) is 4.90 Å². The van der Waals surface area contributed by atoms with Gasteiger partial charge in [0.25, 0.3) is 0 Å². The van der Waals surface area contributed by atoms with Crippen LogP contribution >= 0.6 is 15.9 Å². The molecule has 1 atom stereocenters. The second-order valence-corrected chi connectivity index (χ2v) is 5.07. The highest BCUT2D eigenvalue weighted by molar-refractivity contribution is 9.10. The minimum absolute atomic E-state index is 0.320. The Morgan fingerprint density at radius 1 is 1.06 bits per heavy atom. The Morgan fingerprint density at radius 3 is 2.50 bits per heavy atom. The van der Waals surface area contributed by atoms with Crippen molar-refractivity contribution in [3.8, 4) is 11.1 Å². The van der Waals surface area contributed by atoms with Crippen LogP contribution in [0.3, 0.4) is 0 Å². The van der Waals surface area contributed by atoms with E-state index in [0.29, 0.717) is 4.90 Å². The lowest BCUT2D eigenvalue weighted by molar-refractivity contribution is 0.537. The Balaban J connectivity index is 2.60. The van der Waals surface area contributed by atoms with E-state index < -0.39 is 11.1 Å². The molecule has 0 radical (unpaired) electrons. The predicted molar refractivity (Wildman–Crippen MR) is 66.8 cm³/mol. The Bertz CT molecular complexity index is 540. The standard InChI is InChI=1S/C12H9BrO2S/c13-10-5-3-4-9(8-10)11-6-1-2-7-12(11)16(14)15/h1-8H,(H,14,15)/p-1. The number of benzene rings is 2. The molecule has 0 spiro atoms. The van der Waals surface area contributed by atoms with E-state index in [2.05, 4.69) is 15.9 Å². The van der Waals surface area contributed by atoms with E-state index in [1.807, 2.05) is 30.3 Å². The molecule has 82 valence electrons. The zero-order valence-electron chi connectivity index (χ0n) is 8.22. The molecule has 0 saturated heterocycles. The summed E-state index contributed by atoms with van der Waals surface area (Å²) in [5.41, 5.74) is 1.60. The predicted octanol–water partition coefficient (Wildman–Crippen LogP) is 3.35. The summed E-state index contributed by atoms with van der Waals surface area (Å²) in [5.74, 6) is 0. The van der Waals surface area contributed by atoms with E-state index in [-0.39, 0.29) is 0 Å². The molecule has 0 amide bonds. The van der Waals surface area contributed by atoms with Crippen molar-refractivity contribution in [3.05, 3.63) is 53.0 Å². The summed E-state index contributed by atoms with van der Waals surface area (Å²) >= 11 is 1.15. The molecule has 0 saturated carbocycles. The van der Waals surface area contributed by atoms with Gasteiger partial charge in [0.05, 0.1) is 0 Å². The van der Waals surface area contributed by atoms with E-state index in [4.69, 9.17) is 0 Å². The fraction of sp³-hybridized carbons (Fsp3) is 0. The van der Waals surface area contributed by atoms with Crippen LogP contribution in [-0.2, 0) is 11.1 Å². The quantitative estimate of drug-likeness (QED) is 0.797. The van der Waals surface area contributed by atoms with E-state index in [1.54, 1.807) is 18.2 Å². The van der Waals surface area contributed by atoms with Crippen molar-refractivity contribution in [2.24, 2.45) is 0 Å². The lowest BCUT2D eigenvalue weighted by Crippen LogP contribution is -1.92. The number of rotatable bonds is 2. The molecule has 0 fully saturated rings. The van der Waals surface area contributed by atoms with Crippen molar-refractivity contribution in [1.29, 1.82) is 0 Å². The van der Waals surface area contributed by atoms with Crippen LogP contribution in [0.1, 0.15) is 0 Å². The second kappa shape index (κ2) is 4.91. The third-order valence-electron chi connectivity index (χ3n) is 2.20. The summed E-state index contributed by atoms with van der Waals surface area (Å²) in [4.78, 5) is 0.320. The van der Waals surface area contributed by atoms with Crippen molar-refractivity contribution in [2.75, 3.05) is 0 Å². The van der Waals surface area contributed by atoms with E-state index in [9.17, 15) is 8.76 Å². The summed E-state index contributed by atoms with van der Waals surface area (Å²) < 4.78 is 23.1. The molecule has 2 aromatic carbocycles. The Morgan fingerprint density at radius 2 is 1.81 bits per heavy atom. The third kappa shape index (κ3) is 2.40. The van der Waals surface area contributed by atoms with Crippen molar-refractivity contribution < 1.29 is 8.76 Å². The van der Waals surface area contributed by atoms with Crippen LogP contribution in [0.15, 0.2) is 57.9 Å².